The lowest BCUT2D eigenvalue weighted by Crippen LogP contribution is -2.12. The zero-order valence-corrected chi connectivity index (χ0v) is 13.4. The molecule has 0 aromatic heterocycles. The van der Waals surface area contributed by atoms with Crippen molar-refractivity contribution >= 4 is 5.69 Å². The third-order valence-electron chi connectivity index (χ3n) is 3.80. The molecule has 2 heteroatoms. The molecule has 0 aliphatic carbocycles. The predicted octanol–water partition coefficient (Wildman–Crippen LogP) is 4.49. The Morgan fingerprint density at radius 3 is 1.80 bits per heavy atom. The van der Waals surface area contributed by atoms with Gasteiger partial charge in [-0.3, -0.25) is 0 Å². The van der Waals surface area contributed by atoms with Gasteiger partial charge in [0.1, 0.15) is 0 Å². The molecule has 2 nitrogen and oxygen atoms in total. The van der Waals surface area contributed by atoms with Crippen molar-refractivity contribution in [3.63, 3.8) is 0 Å². The summed E-state index contributed by atoms with van der Waals surface area (Å²) in [7, 11) is 4.31. The van der Waals surface area contributed by atoms with Gasteiger partial charge in [-0.25, -0.2) is 0 Å². The maximum atomic E-state index is 5.68. The topological polar surface area (TPSA) is 29.3 Å². The molecule has 0 spiro atoms. The molecule has 0 atom stereocenters. The van der Waals surface area contributed by atoms with Crippen LogP contribution in [0.5, 0.6) is 0 Å². The molecule has 2 N–H and O–H groups in total. The number of unbranched alkanes of at least 4 members (excludes halogenated alkanes) is 7. The predicted molar refractivity (Wildman–Crippen MR) is 90.0 cm³/mol. The molecule has 0 heterocycles. The van der Waals surface area contributed by atoms with E-state index in [0.717, 1.165) is 5.69 Å². The molecule has 0 unspecified atom stereocenters. The highest BCUT2D eigenvalue weighted by molar-refractivity contribution is 5.39. The number of nitrogens with zero attached hydrogens (tertiary/aromatic N) is 1. The summed E-state index contributed by atoms with van der Waals surface area (Å²) in [6.07, 6.45) is 12.2. The molecule has 0 radical (unpaired) electrons. The number of benzene rings is 1. The number of aryl methyl sites for hydroxylation is 1. The van der Waals surface area contributed by atoms with Crippen LogP contribution in [-0.2, 0) is 6.42 Å². The van der Waals surface area contributed by atoms with Crippen LogP contribution >= 0.6 is 0 Å². The molecular weight excluding hydrogens is 244 g/mol. The first-order chi connectivity index (χ1) is 9.68. The summed E-state index contributed by atoms with van der Waals surface area (Å²) in [5.41, 5.74) is 7.97. The van der Waals surface area contributed by atoms with Gasteiger partial charge in [0.25, 0.3) is 0 Å². The highest BCUT2D eigenvalue weighted by Gasteiger charge is 1.95. The maximum Gasteiger partial charge on any atom is 0.0314 e. The second-order valence-corrected chi connectivity index (χ2v) is 6.12. The standard InChI is InChI=1S/C18H32N2/c1-20(2)16-10-8-6-4-3-5-7-9-11-17-12-14-18(19)15-13-17/h12-15H,3-11,16,19H2,1-2H3. The van der Waals surface area contributed by atoms with Gasteiger partial charge in [-0.15, -0.1) is 0 Å². The van der Waals surface area contributed by atoms with E-state index < -0.39 is 0 Å². The number of nitrogen functional groups attached to an aromatic ring is 1. The Labute approximate surface area is 125 Å². The van der Waals surface area contributed by atoms with Gasteiger partial charge in [-0.2, -0.15) is 0 Å². The van der Waals surface area contributed by atoms with Gasteiger partial charge < -0.3 is 10.6 Å². The van der Waals surface area contributed by atoms with E-state index in [0.29, 0.717) is 0 Å². The lowest BCUT2D eigenvalue weighted by Gasteiger charge is -2.08. The van der Waals surface area contributed by atoms with Crippen LogP contribution in [0.4, 0.5) is 5.69 Å². The van der Waals surface area contributed by atoms with Crippen LogP contribution in [0.1, 0.15) is 56.9 Å². The van der Waals surface area contributed by atoms with Crippen molar-refractivity contribution in [2.24, 2.45) is 0 Å². The quantitative estimate of drug-likeness (QED) is 0.476. The second kappa shape index (κ2) is 10.7. The van der Waals surface area contributed by atoms with Crippen molar-refractivity contribution in [1.29, 1.82) is 0 Å². The molecule has 0 saturated heterocycles. The summed E-state index contributed by atoms with van der Waals surface area (Å²) >= 11 is 0. The molecule has 0 saturated carbocycles. The Balaban J connectivity index is 1.86. The molecule has 0 fully saturated rings. The van der Waals surface area contributed by atoms with Crippen LogP contribution in [0.15, 0.2) is 24.3 Å². The number of anilines is 1. The first kappa shape index (κ1) is 17.0. The first-order valence-corrected chi connectivity index (χ1v) is 8.17. The molecule has 114 valence electrons. The van der Waals surface area contributed by atoms with Gasteiger partial charge in [-0.05, 0) is 57.6 Å². The van der Waals surface area contributed by atoms with E-state index in [4.69, 9.17) is 5.73 Å². The monoisotopic (exact) mass is 276 g/mol. The van der Waals surface area contributed by atoms with Crippen molar-refractivity contribution < 1.29 is 0 Å². The molecule has 0 amide bonds. The third kappa shape index (κ3) is 8.98. The molecule has 0 bridgehead atoms. The largest absolute Gasteiger partial charge is 0.399 e. The van der Waals surface area contributed by atoms with E-state index in [-0.39, 0.29) is 0 Å². The smallest absolute Gasteiger partial charge is 0.0314 e. The van der Waals surface area contributed by atoms with Crippen molar-refractivity contribution in [2.45, 2.75) is 57.8 Å². The Bertz CT molecular complexity index is 330. The van der Waals surface area contributed by atoms with Crippen LogP contribution in [0.2, 0.25) is 0 Å². The van der Waals surface area contributed by atoms with Crippen molar-refractivity contribution in [1.82, 2.24) is 4.90 Å². The lowest BCUT2D eigenvalue weighted by atomic mass is 10.0. The molecule has 0 aliphatic heterocycles. The minimum absolute atomic E-state index is 0.864. The van der Waals surface area contributed by atoms with Crippen LogP contribution in [0, 0.1) is 0 Å². The average molecular weight is 276 g/mol. The van der Waals surface area contributed by atoms with E-state index >= 15 is 0 Å². The SMILES string of the molecule is CN(C)CCCCCCCCCCc1ccc(N)cc1. The number of hydrogen-bond donors (Lipinski definition) is 1. The zero-order chi connectivity index (χ0) is 14.6. The van der Waals surface area contributed by atoms with E-state index in [2.05, 4.69) is 31.1 Å². The second-order valence-electron chi connectivity index (χ2n) is 6.12. The Hall–Kier alpha value is -1.02. The number of rotatable bonds is 11. The minimum atomic E-state index is 0.864. The van der Waals surface area contributed by atoms with E-state index in [1.807, 2.05) is 12.1 Å². The summed E-state index contributed by atoms with van der Waals surface area (Å²) in [6, 6.07) is 8.31. The molecule has 20 heavy (non-hydrogen) atoms. The van der Waals surface area contributed by atoms with E-state index in [1.54, 1.807) is 0 Å². The fourth-order valence-corrected chi connectivity index (χ4v) is 2.50. The van der Waals surface area contributed by atoms with Crippen molar-refractivity contribution in [3.8, 4) is 0 Å². The fourth-order valence-electron chi connectivity index (χ4n) is 2.50. The normalized spacial score (nSPS) is 11.2. The van der Waals surface area contributed by atoms with E-state index in [9.17, 15) is 0 Å². The minimum Gasteiger partial charge on any atom is -0.399 e. The summed E-state index contributed by atoms with van der Waals surface area (Å²) in [6.45, 7) is 1.24. The summed E-state index contributed by atoms with van der Waals surface area (Å²) in [5.74, 6) is 0. The Morgan fingerprint density at radius 2 is 1.25 bits per heavy atom. The average Bonchev–Trinajstić information content (AvgIpc) is 2.42. The van der Waals surface area contributed by atoms with Gasteiger partial charge in [0.05, 0.1) is 0 Å². The lowest BCUT2D eigenvalue weighted by molar-refractivity contribution is 0.389. The molecule has 1 aromatic rings. The van der Waals surface area contributed by atoms with Crippen LogP contribution in [0.3, 0.4) is 0 Å². The summed E-state index contributed by atoms with van der Waals surface area (Å²) < 4.78 is 0. The van der Waals surface area contributed by atoms with E-state index in [1.165, 1.54) is 69.9 Å². The summed E-state index contributed by atoms with van der Waals surface area (Å²) in [5, 5.41) is 0. The van der Waals surface area contributed by atoms with Gasteiger partial charge in [0.15, 0.2) is 0 Å². The van der Waals surface area contributed by atoms with Gasteiger partial charge in [0.2, 0.25) is 0 Å². The van der Waals surface area contributed by atoms with Crippen LogP contribution in [0.25, 0.3) is 0 Å². The van der Waals surface area contributed by atoms with Gasteiger partial charge in [-0.1, -0.05) is 50.7 Å². The third-order valence-corrected chi connectivity index (χ3v) is 3.80. The number of nitrogens with two attached hydrogens (primary N) is 1. The van der Waals surface area contributed by atoms with Crippen molar-refractivity contribution in [2.75, 3.05) is 26.4 Å². The molecular formula is C18H32N2. The fraction of sp³-hybridized carbons (Fsp3) is 0.667. The van der Waals surface area contributed by atoms with Gasteiger partial charge >= 0.3 is 0 Å². The maximum absolute atomic E-state index is 5.68. The molecule has 1 aromatic carbocycles. The van der Waals surface area contributed by atoms with Crippen molar-refractivity contribution in [3.05, 3.63) is 29.8 Å². The van der Waals surface area contributed by atoms with Crippen LogP contribution < -0.4 is 5.73 Å². The Morgan fingerprint density at radius 1 is 0.750 bits per heavy atom. The highest BCUT2D eigenvalue weighted by Crippen LogP contribution is 2.12. The van der Waals surface area contributed by atoms with Gasteiger partial charge in [0, 0.05) is 5.69 Å². The number of hydrogen-bond acceptors (Lipinski definition) is 2. The highest BCUT2D eigenvalue weighted by atomic mass is 15.0. The Kier molecular flexibility index (Phi) is 9.14. The first-order valence-electron chi connectivity index (χ1n) is 8.17. The summed E-state index contributed by atoms with van der Waals surface area (Å²) in [4.78, 5) is 2.27. The zero-order valence-electron chi connectivity index (χ0n) is 13.4. The van der Waals surface area contributed by atoms with Crippen LogP contribution in [-0.4, -0.2) is 25.5 Å². The molecule has 1 rings (SSSR count). The molecule has 0 aliphatic rings.